The van der Waals surface area contributed by atoms with Crippen molar-refractivity contribution >= 4 is 10.0 Å². The zero-order valence-electron chi connectivity index (χ0n) is 13.1. The lowest BCUT2D eigenvalue weighted by Gasteiger charge is -2.37. The number of morpholine rings is 1. The Morgan fingerprint density at radius 1 is 1.38 bits per heavy atom. The first-order valence-electron chi connectivity index (χ1n) is 7.07. The lowest BCUT2D eigenvalue weighted by atomic mass is 10.1. The Hall–Kier alpha value is -0.960. The van der Waals surface area contributed by atoms with Crippen LogP contribution in [0, 0.1) is 13.8 Å². The molecule has 1 fully saturated rings. The summed E-state index contributed by atoms with van der Waals surface area (Å²) in [7, 11) is -3.56. The van der Waals surface area contributed by atoms with Crippen molar-refractivity contribution in [3.8, 4) is 0 Å². The summed E-state index contributed by atoms with van der Waals surface area (Å²) in [4.78, 5) is 0.300. The maximum Gasteiger partial charge on any atom is 0.246 e. The van der Waals surface area contributed by atoms with Gasteiger partial charge in [-0.05, 0) is 27.7 Å². The number of aryl methyl sites for hydroxylation is 1. The first kappa shape index (κ1) is 16.4. The summed E-state index contributed by atoms with van der Waals surface area (Å²) >= 11 is 0. The highest BCUT2D eigenvalue weighted by atomic mass is 32.2. The molecule has 0 aliphatic carbocycles. The summed E-state index contributed by atoms with van der Waals surface area (Å²) in [5, 5.41) is 4.30. The van der Waals surface area contributed by atoms with Crippen molar-refractivity contribution in [2.24, 2.45) is 5.73 Å². The predicted molar refractivity (Wildman–Crippen MR) is 79.5 cm³/mol. The fourth-order valence-corrected chi connectivity index (χ4v) is 4.65. The molecule has 0 bridgehead atoms. The lowest BCUT2D eigenvalue weighted by molar-refractivity contribution is -0.0640. The molecule has 2 rings (SSSR count). The minimum Gasteiger partial charge on any atom is -0.373 e. The van der Waals surface area contributed by atoms with Gasteiger partial charge in [-0.3, -0.25) is 4.68 Å². The standard InChI is InChI=1S/C13H24N4O3S/c1-10-12(11(2)17(15-10)6-5-14)21(18,19)16-7-8-20-13(3,4)9-16/h5-9,14H2,1-4H3. The van der Waals surface area contributed by atoms with Crippen molar-refractivity contribution in [3.63, 3.8) is 0 Å². The minimum atomic E-state index is -3.56. The molecule has 1 aromatic heterocycles. The van der Waals surface area contributed by atoms with Gasteiger partial charge < -0.3 is 10.5 Å². The average Bonchev–Trinajstić information content (AvgIpc) is 2.64. The molecule has 7 nitrogen and oxygen atoms in total. The zero-order chi connectivity index (χ0) is 15.8. The van der Waals surface area contributed by atoms with Crippen LogP contribution in [0.4, 0.5) is 0 Å². The van der Waals surface area contributed by atoms with E-state index in [0.717, 1.165) is 0 Å². The van der Waals surface area contributed by atoms with Crippen LogP contribution in [0.3, 0.4) is 0 Å². The molecule has 0 atom stereocenters. The van der Waals surface area contributed by atoms with E-state index in [1.165, 1.54) is 4.31 Å². The summed E-state index contributed by atoms with van der Waals surface area (Å²) < 4.78 is 34.6. The quantitative estimate of drug-likeness (QED) is 0.860. The van der Waals surface area contributed by atoms with Crippen LogP contribution in [-0.4, -0.2) is 54.3 Å². The Balaban J connectivity index is 2.40. The molecule has 0 unspecified atom stereocenters. The molecule has 0 aromatic carbocycles. The van der Waals surface area contributed by atoms with Gasteiger partial charge in [0.2, 0.25) is 10.0 Å². The Kier molecular flexibility index (Phi) is 4.44. The monoisotopic (exact) mass is 316 g/mol. The number of nitrogens with two attached hydrogens (primary N) is 1. The van der Waals surface area contributed by atoms with E-state index in [-0.39, 0.29) is 0 Å². The van der Waals surface area contributed by atoms with E-state index in [4.69, 9.17) is 10.5 Å². The Labute approximate surface area is 126 Å². The largest absolute Gasteiger partial charge is 0.373 e. The van der Waals surface area contributed by atoms with E-state index in [1.807, 2.05) is 13.8 Å². The molecular weight excluding hydrogens is 292 g/mol. The normalized spacial score (nSPS) is 19.9. The summed E-state index contributed by atoms with van der Waals surface area (Å²) in [5.74, 6) is 0. The third-order valence-electron chi connectivity index (χ3n) is 3.64. The number of ether oxygens (including phenoxy) is 1. The number of rotatable bonds is 4. The summed E-state index contributed by atoms with van der Waals surface area (Å²) in [6, 6.07) is 0. The molecule has 0 spiro atoms. The highest BCUT2D eigenvalue weighted by molar-refractivity contribution is 7.89. The van der Waals surface area contributed by atoms with Gasteiger partial charge in [0.05, 0.1) is 30.1 Å². The second-order valence-electron chi connectivity index (χ2n) is 5.96. The Morgan fingerprint density at radius 3 is 2.62 bits per heavy atom. The molecule has 1 saturated heterocycles. The van der Waals surface area contributed by atoms with Crippen molar-refractivity contribution in [2.75, 3.05) is 26.2 Å². The van der Waals surface area contributed by atoms with Gasteiger partial charge in [-0.25, -0.2) is 8.42 Å². The summed E-state index contributed by atoms with van der Waals surface area (Å²) in [5.41, 5.74) is 6.23. The first-order valence-corrected chi connectivity index (χ1v) is 8.51. The van der Waals surface area contributed by atoms with Gasteiger partial charge in [0.1, 0.15) is 4.90 Å². The van der Waals surface area contributed by atoms with E-state index in [2.05, 4.69) is 5.10 Å². The SMILES string of the molecule is Cc1nn(CCN)c(C)c1S(=O)(=O)N1CCOC(C)(C)C1. The zero-order valence-corrected chi connectivity index (χ0v) is 13.9. The highest BCUT2D eigenvalue weighted by Gasteiger charge is 2.37. The molecule has 2 N–H and O–H groups in total. The maximum atomic E-state index is 12.9. The molecular formula is C13H24N4O3S. The fraction of sp³-hybridized carbons (Fsp3) is 0.769. The molecule has 1 aliphatic heterocycles. The molecule has 21 heavy (non-hydrogen) atoms. The first-order chi connectivity index (χ1) is 9.69. The fourth-order valence-electron chi connectivity index (χ4n) is 2.70. The van der Waals surface area contributed by atoms with Gasteiger partial charge >= 0.3 is 0 Å². The molecule has 1 aromatic rings. The third-order valence-corrected chi connectivity index (χ3v) is 5.74. The highest BCUT2D eigenvalue weighted by Crippen LogP contribution is 2.27. The molecule has 1 aliphatic rings. The summed E-state index contributed by atoms with van der Waals surface area (Å²) in [6.07, 6.45) is 0. The second-order valence-corrected chi connectivity index (χ2v) is 7.83. The van der Waals surface area contributed by atoms with Gasteiger partial charge in [-0.2, -0.15) is 9.40 Å². The van der Waals surface area contributed by atoms with Gasteiger partial charge in [0.25, 0.3) is 0 Å². The van der Waals surface area contributed by atoms with E-state index in [9.17, 15) is 8.42 Å². The Morgan fingerprint density at radius 2 is 2.05 bits per heavy atom. The van der Waals surface area contributed by atoms with E-state index < -0.39 is 15.6 Å². The van der Waals surface area contributed by atoms with Crippen molar-refractivity contribution in [3.05, 3.63) is 11.4 Å². The van der Waals surface area contributed by atoms with Crippen LogP contribution in [0.2, 0.25) is 0 Å². The van der Waals surface area contributed by atoms with Crippen LogP contribution in [-0.2, 0) is 21.3 Å². The smallest absolute Gasteiger partial charge is 0.246 e. The van der Waals surface area contributed by atoms with Crippen LogP contribution >= 0.6 is 0 Å². The molecule has 0 radical (unpaired) electrons. The Bertz CT molecular complexity index is 622. The number of sulfonamides is 1. The number of nitrogens with zero attached hydrogens (tertiary/aromatic N) is 3. The van der Waals surface area contributed by atoms with Crippen LogP contribution < -0.4 is 5.73 Å². The van der Waals surface area contributed by atoms with Gasteiger partial charge in [-0.1, -0.05) is 0 Å². The molecule has 2 heterocycles. The van der Waals surface area contributed by atoms with Crippen LogP contribution in [0.1, 0.15) is 25.2 Å². The van der Waals surface area contributed by atoms with Crippen molar-refractivity contribution < 1.29 is 13.2 Å². The van der Waals surface area contributed by atoms with Gasteiger partial charge in [0, 0.05) is 19.6 Å². The van der Waals surface area contributed by atoms with Crippen molar-refractivity contribution in [1.82, 2.24) is 14.1 Å². The van der Waals surface area contributed by atoms with Crippen LogP contribution in [0.15, 0.2) is 4.90 Å². The van der Waals surface area contributed by atoms with Crippen molar-refractivity contribution in [1.29, 1.82) is 0 Å². The number of hydrogen-bond acceptors (Lipinski definition) is 5. The van der Waals surface area contributed by atoms with E-state index in [0.29, 0.717) is 49.1 Å². The van der Waals surface area contributed by atoms with Gasteiger partial charge in [-0.15, -0.1) is 0 Å². The summed E-state index contributed by atoms with van der Waals surface area (Å²) in [6.45, 7) is 9.33. The predicted octanol–water partition coefficient (Wildman–Crippen LogP) is 0.258. The molecule has 120 valence electrons. The lowest BCUT2D eigenvalue weighted by Crippen LogP contribution is -2.50. The van der Waals surface area contributed by atoms with Gasteiger partial charge in [0.15, 0.2) is 0 Å². The maximum absolute atomic E-state index is 12.9. The van der Waals surface area contributed by atoms with E-state index >= 15 is 0 Å². The van der Waals surface area contributed by atoms with Crippen LogP contribution in [0.25, 0.3) is 0 Å². The minimum absolute atomic E-state index is 0.300. The number of hydrogen-bond donors (Lipinski definition) is 1. The third kappa shape index (κ3) is 3.13. The number of aromatic nitrogens is 2. The van der Waals surface area contributed by atoms with Crippen LogP contribution in [0.5, 0.6) is 0 Å². The second kappa shape index (κ2) is 5.68. The average molecular weight is 316 g/mol. The molecule has 0 amide bonds. The van der Waals surface area contributed by atoms with E-state index in [1.54, 1.807) is 18.5 Å². The molecule has 8 heteroatoms. The van der Waals surface area contributed by atoms with Crippen molar-refractivity contribution in [2.45, 2.75) is 44.7 Å². The topological polar surface area (TPSA) is 90.5 Å². The molecule has 0 saturated carbocycles.